The van der Waals surface area contributed by atoms with E-state index in [4.69, 9.17) is 26.4 Å². The molecule has 0 spiro atoms. The summed E-state index contributed by atoms with van der Waals surface area (Å²) in [4.78, 5) is 12.3. The normalized spacial score (nSPS) is 11.4. The van der Waals surface area contributed by atoms with Gasteiger partial charge in [0.15, 0.2) is 5.11 Å². The Morgan fingerprint density at radius 1 is 1.11 bits per heavy atom. The molecule has 0 aromatic heterocycles. The van der Waals surface area contributed by atoms with E-state index in [0.717, 1.165) is 17.9 Å². The van der Waals surface area contributed by atoms with Gasteiger partial charge < -0.3 is 19.5 Å². The van der Waals surface area contributed by atoms with E-state index < -0.39 is 0 Å². The molecular weight excluding hydrogens is 376 g/mol. The molecule has 0 aliphatic heterocycles. The van der Waals surface area contributed by atoms with Crippen molar-refractivity contribution in [3.05, 3.63) is 54.1 Å². The average Bonchev–Trinajstić information content (AvgIpc) is 2.68. The fourth-order valence-corrected chi connectivity index (χ4v) is 2.46. The summed E-state index contributed by atoms with van der Waals surface area (Å²) >= 11 is 5.24. The third-order valence-corrected chi connectivity index (χ3v) is 4.11. The predicted molar refractivity (Wildman–Crippen MR) is 114 cm³/mol. The fourth-order valence-electron chi connectivity index (χ4n) is 2.25. The molecule has 28 heavy (non-hydrogen) atoms. The summed E-state index contributed by atoms with van der Waals surface area (Å²) in [5.41, 5.74) is 1.23. The maximum Gasteiger partial charge on any atom is 0.257 e. The Kier molecular flexibility index (Phi) is 8.71. The number of rotatable bonds is 9. The number of nitrogens with one attached hydrogen (secondary N) is 2. The molecule has 2 aromatic rings. The molecule has 2 aromatic carbocycles. The Balaban J connectivity index is 1.88. The lowest BCUT2D eigenvalue weighted by molar-refractivity contribution is 0.0977. The van der Waals surface area contributed by atoms with Crippen molar-refractivity contribution < 1.29 is 19.0 Å². The van der Waals surface area contributed by atoms with Crippen molar-refractivity contribution in [1.29, 1.82) is 0 Å². The monoisotopic (exact) mass is 402 g/mol. The SMILES string of the molecule is CCC(C)Oc1cccc(NC(=S)NC(=O)c2ccc(OCCOC)cc2)c1. The molecule has 0 saturated heterocycles. The highest BCUT2D eigenvalue weighted by Crippen LogP contribution is 2.19. The highest BCUT2D eigenvalue weighted by molar-refractivity contribution is 7.80. The lowest BCUT2D eigenvalue weighted by Crippen LogP contribution is -2.34. The molecule has 0 radical (unpaired) electrons. The number of amides is 1. The minimum atomic E-state index is -0.298. The third-order valence-electron chi connectivity index (χ3n) is 3.90. The van der Waals surface area contributed by atoms with Crippen molar-refractivity contribution in [1.82, 2.24) is 5.32 Å². The van der Waals surface area contributed by atoms with Gasteiger partial charge in [0.05, 0.1) is 12.7 Å². The molecule has 0 aliphatic rings. The Hall–Kier alpha value is -2.64. The number of thiocarbonyl (C=S) groups is 1. The molecule has 0 aliphatic carbocycles. The summed E-state index contributed by atoms with van der Waals surface area (Å²) in [6.07, 6.45) is 1.05. The summed E-state index contributed by atoms with van der Waals surface area (Å²) in [6.45, 7) is 5.04. The van der Waals surface area contributed by atoms with Gasteiger partial charge in [-0.2, -0.15) is 0 Å². The maximum absolute atomic E-state index is 12.3. The van der Waals surface area contributed by atoms with Crippen LogP contribution in [0.5, 0.6) is 11.5 Å². The van der Waals surface area contributed by atoms with Crippen LogP contribution in [0, 0.1) is 0 Å². The van der Waals surface area contributed by atoms with Crippen LogP contribution in [0.25, 0.3) is 0 Å². The first-order valence-corrected chi connectivity index (χ1v) is 9.53. The van der Waals surface area contributed by atoms with Gasteiger partial charge in [0.1, 0.15) is 18.1 Å². The minimum absolute atomic E-state index is 0.128. The van der Waals surface area contributed by atoms with Gasteiger partial charge in [-0.05, 0) is 62.0 Å². The first kappa shape index (κ1) is 21.7. The second-order valence-electron chi connectivity index (χ2n) is 6.14. The Labute approximate surface area is 171 Å². The number of ether oxygens (including phenoxy) is 3. The Morgan fingerprint density at radius 2 is 1.86 bits per heavy atom. The minimum Gasteiger partial charge on any atom is -0.491 e. The molecule has 0 heterocycles. The van der Waals surface area contributed by atoms with Gasteiger partial charge in [-0.3, -0.25) is 10.1 Å². The van der Waals surface area contributed by atoms with E-state index in [9.17, 15) is 4.79 Å². The van der Waals surface area contributed by atoms with Crippen LogP contribution in [0.3, 0.4) is 0 Å². The molecule has 2 N–H and O–H groups in total. The van der Waals surface area contributed by atoms with Crippen LogP contribution in [0.4, 0.5) is 5.69 Å². The summed E-state index contributed by atoms with van der Waals surface area (Å²) in [7, 11) is 1.61. The van der Waals surface area contributed by atoms with Gasteiger partial charge in [-0.1, -0.05) is 13.0 Å². The number of hydrogen-bond donors (Lipinski definition) is 2. The van der Waals surface area contributed by atoms with E-state index in [0.29, 0.717) is 24.5 Å². The molecule has 1 amide bonds. The van der Waals surface area contributed by atoms with Crippen LogP contribution in [0.2, 0.25) is 0 Å². The van der Waals surface area contributed by atoms with E-state index in [-0.39, 0.29) is 17.1 Å². The second kappa shape index (κ2) is 11.3. The number of carbonyl (C=O) groups excluding carboxylic acids is 1. The molecule has 0 fully saturated rings. The zero-order chi connectivity index (χ0) is 20.4. The van der Waals surface area contributed by atoms with E-state index in [1.54, 1.807) is 31.4 Å². The summed E-state index contributed by atoms with van der Waals surface area (Å²) in [5, 5.41) is 5.88. The molecular formula is C21H26N2O4S. The molecule has 1 unspecified atom stereocenters. The van der Waals surface area contributed by atoms with Gasteiger partial charge in [0.2, 0.25) is 0 Å². The number of benzene rings is 2. The molecule has 6 nitrogen and oxygen atoms in total. The molecule has 1 atom stereocenters. The standard InChI is InChI=1S/C21H26N2O4S/c1-4-15(2)27-19-7-5-6-17(14-19)22-21(28)23-20(24)16-8-10-18(11-9-16)26-13-12-25-3/h5-11,14-15H,4,12-13H2,1-3H3,(H2,22,23,24,28). The molecule has 150 valence electrons. The summed E-state index contributed by atoms with van der Waals surface area (Å²) in [5.74, 6) is 1.12. The van der Waals surface area contributed by atoms with Crippen LogP contribution in [0.15, 0.2) is 48.5 Å². The van der Waals surface area contributed by atoms with Gasteiger partial charge in [0, 0.05) is 24.4 Å². The van der Waals surface area contributed by atoms with Crippen molar-refractivity contribution in [2.24, 2.45) is 0 Å². The average molecular weight is 403 g/mol. The van der Waals surface area contributed by atoms with Crippen LogP contribution in [-0.4, -0.2) is 37.4 Å². The smallest absolute Gasteiger partial charge is 0.257 e. The van der Waals surface area contributed by atoms with E-state index in [1.165, 1.54) is 0 Å². The van der Waals surface area contributed by atoms with Crippen molar-refractivity contribution in [2.75, 3.05) is 25.6 Å². The van der Waals surface area contributed by atoms with Crippen molar-refractivity contribution in [2.45, 2.75) is 26.4 Å². The molecule has 0 bridgehead atoms. The van der Waals surface area contributed by atoms with Crippen LogP contribution in [0.1, 0.15) is 30.6 Å². The summed E-state index contributed by atoms with van der Waals surface area (Å²) < 4.78 is 16.2. The van der Waals surface area contributed by atoms with Gasteiger partial charge >= 0.3 is 0 Å². The van der Waals surface area contributed by atoms with E-state index >= 15 is 0 Å². The largest absolute Gasteiger partial charge is 0.491 e. The quantitative estimate of drug-likeness (QED) is 0.488. The van der Waals surface area contributed by atoms with Crippen molar-refractivity contribution in [3.8, 4) is 11.5 Å². The first-order valence-electron chi connectivity index (χ1n) is 9.12. The summed E-state index contributed by atoms with van der Waals surface area (Å²) in [6, 6.07) is 14.3. The fraction of sp³-hybridized carbons (Fsp3) is 0.333. The number of hydrogen-bond acceptors (Lipinski definition) is 5. The maximum atomic E-state index is 12.3. The zero-order valence-electron chi connectivity index (χ0n) is 16.4. The Morgan fingerprint density at radius 3 is 2.54 bits per heavy atom. The van der Waals surface area contributed by atoms with Gasteiger partial charge in [-0.25, -0.2) is 0 Å². The van der Waals surface area contributed by atoms with E-state index in [2.05, 4.69) is 17.6 Å². The molecule has 0 saturated carbocycles. The second-order valence-corrected chi connectivity index (χ2v) is 6.55. The lowest BCUT2D eigenvalue weighted by Gasteiger charge is -2.14. The lowest BCUT2D eigenvalue weighted by atomic mass is 10.2. The highest BCUT2D eigenvalue weighted by atomic mass is 32.1. The van der Waals surface area contributed by atoms with Crippen LogP contribution >= 0.6 is 12.2 Å². The number of methoxy groups -OCH3 is 1. The third kappa shape index (κ3) is 7.17. The molecule has 2 rings (SSSR count). The van der Waals surface area contributed by atoms with Gasteiger partial charge in [-0.15, -0.1) is 0 Å². The highest BCUT2D eigenvalue weighted by Gasteiger charge is 2.09. The first-order chi connectivity index (χ1) is 13.5. The zero-order valence-corrected chi connectivity index (χ0v) is 17.2. The number of anilines is 1. The Bertz CT molecular complexity index is 780. The van der Waals surface area contributed by atoms with Crippen LogP contribution in [-0.2, 0) is 4.74 Å². The van der Waals surface area contributed by atoms with E-state index in [1.807, 2.05) is 31.2 Å². The van der Waals surface area contributed by atoms with Crippen LogP contribution < -0.4 is 20.1 Å². The molecule has 7 heteroatoms. The number of carbonyl (C=O) groups is 1. The van der Waals surface area contributed by atoms with Gasteiger partial charge in [0.25, 0.3) is 5.91 Å². The van der Waals surface area contributed by atoms with Crippen molar-refractivity contribution in [3.63, 3.8) is 0 Å². The predicted octanol–water partition coefficient (Wildman–Crippen LogP) is 4.02. The van der Waals surface area contributed by atoms with Crippen molar-refractivity contribution >= 4 is 28.9 Å². The topological polar surface area (TPSA) is 68.8 Å².